The van der Waals surface area contributed by atoms with E-state index in [0.29, 0.717) is 0 Å². The lowest BCUT2D eigenvalue weighted by Crippen LogP contribution is -2.47. The Kier molecular flexibility index (Phi) is 7.55. The maximum Gasteiger partial charge on any atom is 0.433 e. The molecule has 1 atom stereocenters. The van der Waals surface area contributed by atoms with Gasteiger partial charge in [-0.25, -0.2) is 9.97 Å². The quantitative estimate of drug-likeness (QED) is 0.488. The maximum absolute atomic E-state index is 12.5. The van der Waals surface area contributed by atoms with Crippen molar-refractivity contribution in [2.45, 2.75) is 26.1 Å². The lowest BCUT2D eigenvalue weighted by molar-refractivity contribution is -0.141. The molecule has 0 radical (unpaired) electrons. The Morgan fingerprint density at radius 1 is 1.24 bits per heavy atom. The predicted octanol–water partition coefficient (Wildman–Crippen LogP) is 0.123. The minimum absolute atomic E-state index is 0.0558. The van der Waals surface area contributed by atoms with Gasteiger partial charge in [-0.2, -0.15) is 13.2 Å². The van der Waals surface area contributed by atoms with E-state index in [2.05, 4.69) is 25.9 Å². The summed E-state index contributed by atoms with van der Waals surface area (Å²) in [7, 11) is 0. The van der Waals surface area contributed by atoms with Crippen LogP contribution in [0.3, 0.4) is 0 Å². The van der Waals surface area contributed by atoms with Gasteiger partial charge >= 0.3 is 6.18 Å². The van der Waals surface area contributed by atoms with Crippen molar-refractivity contribution in [3.05, 3.63) is 18.0 Å². The molecule has 11 heteroatoms. The topological polar surface area (TPSA) is 122 Å². The summed E-state index contributed by atoms with van der Waals surface area (Å²) < 4.78 is 37.5. The fourth-order valence-electron chi connectivity index (χ4n) is 1.63. The van der Waals surface area contributed by atoms with Crippen molar-refractivity contribution in [2.24, 2.45) is 11.7 Å². The van der Waals surface area contributed by atoms with Gasteiger partial charge in [-0.05, 0) is 12.0 Å². The summed E-state index contributed by atoms with van der Waals surface area (Å²) in [6.45, 7) is 3.56. The fourth-order valence-corrected chi connectivity index (χ4v) is 1.63. The van der Waals surface area contributed by atoms with E-state index in [1.807, 2.05) is 0 Å². The van der Waals surface area contributed by atoms with Gasteiger partial charge in [0.15, 0.2) is 0 Å². The zero-order chi connectivity index (χ0) is 19.0. The number of hydrogen-bond acceptors (Lipinski definition) is 6. The largest absolute Gasteiger partial charge is 0.433 e. The molecule has 0 saturated carbocycles. The molecule has 25 heavy (non-hydrogen) atoms. The molecule has 1 aromatic rings. The molecular weight excluding hydrogens is 341 g/mol. The first-order valence-electron chi connectivity index (χ1n) is 7.55. The van der Waals surface area contributed by atoms with Crippen LogP contribution in [-0.4, -0.2) is 47.5 Å². The van der Waals surface area contributed by atoms with Crippen LogP contribution in [0.4, 0.5) is 19.1 Å². The molecule has 0 spiro atoms. The van der Waals surface area contributed by atoms with Crippen molar-refractivity contribution >= 4 is 17.8 Å². The number of nitrogens with two attached hydrogens (primary N) is 1. The fraction of sp³-hybridized carbons (Fsp3) is 0.571. The maximum atomic E-state index is 12.5. The molecule has 0 aromatic carbocycles. The van der Waals surface area contributed by atoms with E-state index in [4.69, 9.17) is 5.73 Å². The number of alkyl halides is 3. The highest BCUT2D eigenvalue weighted by atomic mass is 19.4. The molecule has 1 heterocycles. The monoisotopic (exact) mass is 362 g/mol. The number of hydrogen-bond donors (Lipinski definition) is 4. The van der Waals surface area contributed by atoms with Crippen LogP contribution < -0.4 is 21.7 Å². The standard InChI is InChI=1S/C14H21F3N6O2/c1-8(2)11(18)12(25)22-7-10(24)19-5-6-21-13-20-4-3-9(23-13)14(15,16)17/h3-4,8,11H,5-7,18H2,1-2H3,(H,19,24)(H,22,25)(H,20,21,23)/t11-/m0/s1. The van der Waals surface area contributed by atoms with E-state index < -0.39 is 29.7 Å². The number of nitrogens with one attached hydrogen (secondary N) is 3. The van der Waals surface area contributed by atoms with E-state index in [-0.39, 0.29) is 31.5 Å². The van der Waals surface area contributed by atoms with Gasteiger partial charge in [-0.1, -0.05) is 13.8 Å². The van der Waals surface area contributed by atoms with Crippen LogP contribution >= 0.6 is 0 Å². The summed E-state index contributed by atoms with van der Waals surface area (Å²) in [6.07, 6.45) is -3.56. The average Bonchev–Trinajstić information content (AvgIpc) is 2.55. The first kappa shape index (κ1) is 20.6. The lowest BCUT2D eigenvalue weighted by Gasteiger charge is -2.15. The van der Waals surface area contributed by atoms with Crippen LogP contribution in [0.2, 0.25) is 0 Å². The van der Waals surface area contributed by atoms with Gasteiger partial charge in [0.25, 0.3) is 0 Å². The van der Waals surface area contributed by atoms with Crippen molar-refractivity contribution in [3.8, 4) is 0 Å². The smallest absolute Gasteiger partial charge is 0.353 e. The van der Waals surface area contributed by atoms with Crippen molar-refractivity contribution in [1.29, 1.82) is 0 Å². The van der Waals surface area contributed by atoms with E-state index in [1.54, 1.807) is 13.8 Å². The van der Waals surface area contributed by atoms with Gasteiger partial charge in [0, 0.05) is 19.3 Å². The minimum Gasteiger partial charge on any atom is -0.353 e. The summed E-state index contributed by atoms with van der Waals surface area (Å²) in [5, 5.41) is 7.45. The van der Waals surface area contributed by atoms with Gasteiger partial charge in [0.05, 0.1) is 12.6 Å². The average molecular weight is 362 g/mol. The molecule has 0 bridgehead atoms. The Morgan fingerprint density at radius 2 is 1.92 bits per heavy atom. The van der Waals surface area contributed by atoms with Crippen LogP contribution in [0.15, 0.2) is 12.3 Å². The third-order valence-corrected chi connectivity index (χ3v) is 3.12. The molecule has 0 saturated heterocycles. The highest BCUT2D eigenvalue weighted by molar-refractivity contribution is 5.87. The summed E-state index contributed by atoms with van der Waals surface area (Å²) in [4.78, 5) is 30.1. The summed E-state index contributed by atoms with van der Waals surface area (Å²) in [5.41, 5.74) is 4.57. The zero-order valence-corrected chi connectivity index (χ0v) is 13.9. The Hall–Kier alpha value is -2.43. The van der Waals surface area contributed by atoms with Gasteiger partial charge in [-0.15, -0.1) is 0 Å². The number of aromatic nitrogens is 2. The van der Waals surface area contributed by atoms with Gasteiger partial charge in [-0.3, -0.25) is 9.59 Å². The summed E-state index contributed by atoms with van der Waals surface area (Å²) in [5.74, 6) is -1.13. The van der Waals surface area contributed by atoms with E-state index in [0.717, 1.165) is 12.3 Å². The highest BCUT2D eigenvalue weighted by Crippen LogP contribution is 2.27. The Morgan fingerprint density at radius 3 is 2.52 bits per heavy atom. The van der Waals surface area contributed by atoms with Crippen molar-refractivity contribution in [1.82, 2.24) is 20.6 Å². The number of carbonyl (C=O) groups is 2. The first-order chi connectivity index (χ1) is 11.6. The van der Waals surface area contributed by atoms with Crippen LogP contribution in [0.1, 0.15) is 19.5 Å². The molecule has 5 N–H and O–H groups in total. The Balaban J connectivity index is 2.29. The van der Waals surface area contributed by atoms with E-state index >= 15 is 0 Å². The molecule has 0 fully saturated rings. The van der Waals surface area contributed by atoms with Crippen LogP contribution in [0, 0.1) is 5.92 Å². The van der Waals surface area contributed by atoms with Crippen molar-refractivity contribution in [3.63, 3.8) is 0 Å². The molecule has 1 rings (SSSR count). The molecular formula is C14H21F3N6O2. The van der Waals surface area contributed by atoms with Gasteiger partial charge < -0.3 is 21.7 Å². The van der Waals surface area contributed by atoms with Gasteiger partial charge in [0.2, 0.25) is 17.8 Å². The first-order valence-corrected chi connectivity index (χ1v) is 7.55. The second-order valence-electron chi connectivity index (χ2n) is 5.53. The van der Waals surface area contributed by atoms with Crippen LogP contribution in [0.25, 0.3) is 0 Å². The van der Waals surface area contributed by atoms with E-state index in [9.17, 15) is 22.8 Å². The highest BCUT2D eigenvalue weighted by Gasteiger charge is 2.32. The molecule has 0 aliphatic carbocycles. The summed E-state index contributed by atoms with van der Waals surface area (Å²) in [6, 6.07) is 0.0600. The summed E-state index contributed by atoms with van der Waals surface area (Å²) >= 11 is 0. The molecule has 0 aliphatic heterocycles. The lowest BCUT2D eigenvalue weighted by atomic mass is 10.1. The number of amides is 2. The number of rotatable bonds is 8. The Bertz CT molecular complexity index is 594. The Labute approximate surface area is 142 Å². The van der Waals surface area contributed by atoms with Crippen molar-refractivity contribution < 1.29 is 22.8 Å². The number of anilines is 1. The van der Waals surface area contributed by atoms with Crippen LogP contribution in [0.5, 0.6) is 0 Å². The second kappa shape index (κ2) is 9.16. The third kappa shape index (κ3) is 7.33. The molecule has 0 aliphatic rings. The SMILES string of the molecule is CC(C)[C@H](N)C(=O)NCC(=O)NCCNc1nccc(C(F)(F)F)n1. The predicted molar refractivity (Wildman–Crippen MR) is 84.4 cm³/mol. The normalized spacial score (nSPS) is 12.6. The van der Waals surface area contributed by atoms with Crippen molar-refractivity contribution in [2.75, 3.05) is 25.0 Å². The van der Waals surface area contributed by atoms with Gasteiger partial charge in [0.1, 0.15) is 5.69 Å². The molecule has 0 unspecified atom stereocenters. The second-order valence-corrected chi connectivity index (χ2v) is 5.53. The number of halogens is 3. The van der Waals surface area contributed by atoms with E-state index in [1.165, 1.54) is 0 Å². The third-order valence-electron chi connectivity index (χ3n) is 3.12. The number of nitrogens with zero attached hydrogens (tertiary/aromatic N) is 2. The number of carbonyl (C=O) groups excluding carboxylic acids is 2. The zero-order valence-electron chi connectivity index (χ0n) is 13.9. The minimum atomic E-state index is -4.55. The molecule has 1 aromatic heterocycles. The molecule has 2 amide bonds. The molecule has 140 valence electrons. The van der Waals surface area contributed by atoms with Crippen LogP contribution in [-0.2, 0) is 15.8 Å². The molecule has 8 nitrogen and oxygen atoms in total.